The number of aryl methyl sites for hydroxylation is 1. The van der Waals surface area contributed by atoms with Gasteiger partial charge in [-0.2, -0.15) is 0 Å². The summed E-state index contributed by atoms with van der Waals surface area (Å²) in [6.07, 6.45) is 5.15. The predicted molar refractivity (Wildman–Crippen MR) is 81.3 cm³/mol. The Bertz CT molecular complexity index is 541. The number of benzene rings is 2. The molecule has 0 aliphatic carbocycles. The van der Waals surface area contributed by atoms with Crippen molar-refractivity contribution < 1.29 is 4.74 Å². The van der Waals surface area contributed by atoms with E-state index in [-0.39, 0.29) is 0 Å². The fourth-order valence-electron chi connectivity index (χ4n) is 1.98. The average molecular weight is 252 g/mol. The summed E-state index contributed by atoms with van der Waals surface area (Å²) in [6, 6.07) is 16.7. The number of rotatable bonds is 5. The van der Waals surface area contributed by atoms with Crippen molar-refractivity contribution in [3.63, 3.8) is 0 Å². The maximum atomic E-state index is 5.97. The van der Waals surface area contributed by atoms with Crippen LogP contribution in [0.25, 0.3) is 6.08 Å². The molecule has 19 heavy (non-hydrogen) atoms. The van der Waals surface area contributed by atoms with Gasteiger partial charge in [-0.05, 0) is 30.5 Å². The van der Waals surface area contributed by atoms with E-state index in [1.807, 2.05) is 31.2 Å². The zero-order chi connectivity index (χ0) is 13.5. The standard InChI is InChI=1S/C18H20O/c1-3-8-17-12-11-15(4-2)13-18(17)19-14-16-9-6-5-7-10-16/h3,5-13H,4,14H2,1-2H3. The van der Waals surface area contributed by atoms with E-state index in [4.69, 9.17) is 4.74 Å². The molecule has 0 atom stereocenters. The van der Waals surface area contributed by atoms with Crippen molar-refractivity contribution >= 4 is 6.08 Å². The first-order valence-electron chi connectivity index (χ1n) is 6.76. The topological polar surface area (TPSA) is 9.23 Å². The van der Waals surface area contributed by atoms with Crippen molar-refractivity contribution in [2.75, 3.05) is 0 Å². The third kappa shape index (κ3) is 3.72. The molecule has 1 heteroatoms. The van der Waals surface area contributed by atoms with Crippen LogP contribution in [0.5, 0.6) is 5.75 Å². The summed E-state index contributed by atoms with van der Waals surface area (Å²) in [6.45, 7) is 4.79. The van der Waals surface area contributed by atoms with Crippen LogP contribution in [-0.2, 0) is 13.0 Å². The van der Waals surface area contributed by atoms with Gasteiger partial charge in [0, 0.05) is 5.56 Å². The van der Waals surface area contributed by atoms with Crippen LogP contribution in [-0.4, -0.2) is 0 Å². The first-order valence-corrected chi connectivity index (χ1v) is 6.76. The van der Waals surface area contributed by atoms with Gasteiger partial charge in [0.15, 0.2) is 0 Å². The zero-order valence-electron chi connectivity index (χ0n) is 11.6. The monoisotopic (exact) mass is 252 g/mol. The summed E-state index contributed by atoms with van der Waals surface area (Å²) >= 11 is 0. The van der Waals surface area contributed by atoms with Crippen molar-refractivity contribution in [1.82, 2.24) is 0 Å². The van der Waals surface area contributed by atoms with Gasteiger partial charge in [-0.15, -0.1) is 0 Å². The minimum absolute atomic E-state index is 0.610. The van der Waals surface area contributed by atoms with Gasteiger partial charge in [0.05, 0.1) is 0 Å². The van der Waals surface area contributed by atoms with Crippen LogP contribution in [0.1, 0.15) is 30.5 Å². The molecule has 0 aliphatic heterocycles. The van der Waals surface area contributed by atoms with Crippen molar-refractivity contribution in [2.45, 2.75) is 26.9 Å². The predicted octanol–water partition coefficient (Wildman–Crippen LogP) is 4.86. The highest BCUT2D eigenvalue weighted by atomic mass is 16.5. The molecule has 0 spiro atoms. The van der Waals surface area contributed by atoms with E-state index in [1.165, 1.54) is 11.1 Å². The highest BCUT2D eigenvalue weighted by Crippen LogP contribution is 2.23. The van der Waals surface area contributed by atoms with Crippen LogP contribution >= 0.6 is 0 Å². The van der Waals surface area contributed by atoms with Gasteiger partial charge in [-0.25, -0.2) is 0 Å². The number of hydrogen-bond donors (Lipinski definition) is 0. The normalized spacial score (nSPS) is 10.8. The molecule has 2 aromatic carbocycles. The fraction of sp³-hybridized carbons (Fsp3) is 0.222. The second kappa shape index (κ2) is 6.79. The Morgan fingerprint density at radius 2 is 1.79 bits per heavy atom. The number of hydrogen-bond acceptors (Lipinski definition) is 1. The smallest absolute Gasteiger partial charge is 0.127 e. The van der Waals surface area contributed by atoms with E-state index in [2.05, 4.69) is 43.3 Å². The van der Waals surface area contributed by atoms with Gasteiger partial charge >= 0.3 is 0 Å². The molecular weight excluding hydrogens is 232 g/mol. The maximum Gasteiger partial charge on any atom is 0.127 e. The molecule has 0 bridgehead atoms. The summed E-state index contributed by atoms with van der Waals surface area (Å²) < 4.78 is 5.97. The zero-order valence-corrected chi connectivity index (χ0v) is 11.6. The van der Waals surface area contributed by atoms with Crippen LogP contribution in [0.2, 0.25) is 0 Å². The van der Waals surface area contributed by atoms with E-state index in [0.29, 0.717) is 6.61 Å². The second-order valence-electron chi connectivity index (χ2n) is 4.50. The summed E-state index contributed by atoms with van der Waals surface area (Å²) in [4.78, 5) is 0. The third-order valence-electron chi connectivity index (χ3n) is 3.07. The summed E-state index contributed by atoms with van der Waals surface area (Å²) in [7, 11) is 0. The van der Waals surface area contributed by atoms with Gasteiger partial charge in [0.25, 0.3) is 0 Å². The molecule has 2 aromatic rings. The van der Waals surface area contributed by atoms with Gasteiger partial charge in [-0.1, -0.05) is 61.5 Å². The Labute approximate surface area is 115 Å². The molecule has 0 saturated carbocycles. The molecule has 0 amide bonds. The van der Waals surface area contributed by atoms with Crippen LogP contribution in [0.15, 0.2) is 54.6 Å². The molecule has 0 N–H and O–H groups in total. The number of ether oxygens (including phenoxy) is 1. The quantitative estimate of drug-likeness (QED) is 0.738. The average Bonchev–Trinajstić information content (AvgIpc) is 2.47. The molecule has 2 rings (SSSR count). The van der Waals surface area contributed by atoms with Crippen LogP contribution in [0.3, 0.4) is 0 Å². The van der Waals surface area contributed by atoms with E-state index in [1.54, 1.807) is 0 Å². The Hall–Kier alpha value is -2.02. The van der Waals surface area contributed by atoms with Crippen LogP contribution < -0.4 is 4.74 Å². The van der Waals surface area contributed by atoms with Crippen molar-refractivity contribution in [2.24, 2.45) is 0 Å². The molecule has 0 radical (unpaired) electrons. The van der Waals surface area contributed by atoms with E-state index in [0.717, 1.165) is 17.7 Å². The lowest BCUT2D eigenvalue weighted by molar-refractivity contribution is 0.305. The highest BCUT2D eigenvalue weighted by molar-refractivity contribution is 5.58. The van der Waals surface area contributed by atoms with Crippen LogP contribution in [0.4, 0.5) is 0 Å². The molecular formula is C18H20O. The summed E-state index contributed by atoms with van der Waals surface area (Å²) in [5, 5.41) is 0. The second-order valence-corrected chi connectivity index (χ2v) is 4.50. The van der Waals surface area contributed by atoms with Crippen molar-refractivity contribution in [3.8, 4) is 5.75 Å². The maximum absolute atomic E-state index is 5.97. The summed E-state index contributed by atoms with van der Waals surface area (Å²) in [5.41, 5.74) is 3.63. The van der Waals surface area contributed by atoms with Crippen molar-refractivity contribution in [3.05, 3.63) is 71.3 Å². The molecule has 0 saturated heterocycles. The SMILES string of the molecule is CC=Cc1ccc(CC)cc1OCc1ccccc1. The first-order chi connectivity index (χ1) is 9.33. The fourth-order valence-corrected chi connectivity index (χ4v) is 1.98. The molecule has 0 aliphatic rings. The Balaban J connectivity index is 2.17. The lowest BCUT2D eigenvalue weighted by atomic mass is 10.1. The van der Waals surface area contributed by atoms with Gasteiger partial charge in [-0.3, -0.25) is 0 Å². The van der Waals surface area contributed by atoms with Gasteiger partial charge in [0.1, 0.15) is 12.4 Å². The number of allylic oxidation sites excluding steroid dienone is 1. The van der Waals surface area contributed by atoms with E-state index >= 15 is 0 Å². The van der Waals surface area contributed by atoms with Gasteiger partial charge < -0.3 is 4.74 Å². The molecule has 0 heterocycles. The third-order valence-corrected chi connectivity index (χ3v) is 3.07. The van der Waals surface area contributed by atoms with Gasteiger partial charge in [0.2, 0.25) is 0 Å². The first kappa shape index (κ1) is 13.4. The summed E-state index contributed by atoms with van der Waals surface area (Å²) in [5.74, 6) is 0.960. The minimum Gasteiger partial charge on any atom is -0.488 e. The molecule has 0 unspecified atom stereocenters. The highest BCUT2D eigenvalue weighted by Gasteiger charge is 2.03. The Morgan fingerprint density at radius 1 is 1.00 bits per heavy atom. The van der Waals surface area contributed by atoms with E-state index in [9.17, 15) is 0 Å². The largest absolute Gasteiger partial charge is 0.488 e. The Morgan fingerprint density at radius 3 is 2.47 bits per heavy atom. The molecule has 1 nitrogen and oxygen atoms in total. The van der Waals surface area contributed by atoms with Crippen LogP contribution in [0, 0.1) is 0 Å². The Kier molecular flexibility index (Phi) is 4.79. The lowest BCUT2D eigenvalue weighted by Crippen LogP contribution is -1.97. The molecule has 0 aromatic heterocycles. The molecule has 0 fully saturated rings. The minimum atomic E-state index is 0.610. The molecule has 98 valence electrons. The van der Waals surface area contributed by atoms with Crippen molar-refractivity contribution in [1.29, 1.82) is 0 Å². The lowest BCUT2D eigenvalue weighted by Gasteiger charge is -2.11. The van der Waals surface area contributed by atoms with E-state index < -0.39 is 0 Å².